The second-order valence-electron chi connectivity index (χ2n) is 6.98. The molecule has 2 aromatic rings. The van der Waals surface area contributed by atoms with Gasteiger partial charge in [-0.05, 0) is 30.3 Å². The fourth-order valence-electron chi connectivity index (χ4n) is 2.86. The van der Waals surface area contributed by atoms with Crippen molar-refractivity contribution in [3.63, 3.8) is 0 Å². The van der Waals surface area contributed by atoms with Gasteiger partial charge in [-0.25, -0.2) is 9.59 Å². The Morgan fingerprint density at radius 3 is 2.47 bits per heavy atom. The van der Waals surface area contributed by atoms with Gasteiger partial charge in [0.15, 0.2) is 17.1 Å². The molecule has 2 aliphatic heterocycles. The van der Waals surface area contributed by atoms with Crippen molar-refractivity contribution in [2.45, 2.75) is 19.6 Å². The van der Waals surface area contributed by atoms with Crippen molar-refractivity contribution in [3.05, 3.63) is 59.8 Å². The summed E-state index contributed by atoms with van der Waals surface area (Å²) >= 11 is 0. The van der Waals surface area contributed by atoms with Gasteiger partial charge in [-0.15, -0.1) is 0 Å². The minimum atomic E-state index is -1.31. The van der Waals surface area contributed by atoms with Gasteiger partial charge in [0.25, 0.3) is 11.7 Å². The highest BCUT2D eigenvalue weighted by Gasteiger charge is 2.38. The second-order valence-corrected chi connectivity index (χ2v) is 6.98. The summed E-state index contributed by atoms with van der Waals surface area (Å²) in [6, 6.07) is 11.6. The van der Waals surface area contributed by atoms with Gasteiger partial charge in [-0.3, -0.25) is 4.79 Å². The second kappa shape index (κ2) is 7.43. The molecule has 0 aromatic heterocycles. The topological polar surface area (TPSA) is 112 Å². The average Bonchev–Trinajstić information content (AvgIpc) is 3.14. The molecule has 30 heavy (non-hydrogen) atoms. The van der Waals surface area contributed by atoms with Gasteiger partial charge in [0, 0.05) is 43.1 Å². The molecular weight excluding hydrogens is 392 g/mol. The van der Waals surface area contributed by atoms with Gasteiger partial charge in [0.1, 0.15) is 0 Å². The highest BCUT2D eigenvalue weighted by Crippen LogP contribution is 2.34. The van der Waals surface area contributed by atoms with Crippen molar-refractivity contribution in [3.8, 4) is 11.5 Å². The first-order valence-electron chi connectivity index (χ1n) is 9.05. The molecule has 9 heteroatoms. The summed E-state index contributed by atoms with van der Waals surface area (Å²) in [6.45, 7) is 3.08. The molecule has 2 heterocycles. The Bertz CT molecular complexity index is 1050. The van der Waals surface area contributed by atoms with Crippen LogP contribution >= 0.6 is 0 Å². The minimum Gasteiger partial charge on any atom is -0.454 e. The average molecular weight is 410 g/mol. The Morgan fingerprint density at radius 2 is 1.70 bits per heavy atom. The number of carbonyl (C=O) groups is 3. The summed E-state index contributed by atoms with van der Waals surface area (Å²) in [6.07, 6.45) is 1.19. The van der Waals surface area contributed by atoms with E-state index >= 15 is 0 Å². The molecule has 2 N–H and O–H groups in total. The maximum atomic E-state index is 12.6. The van der Waals surface area contributed by atoms with E-state index in [4.69, 9.17) is 18.9 Å². The number of amides is 1. The number of carbonyl (C=O) groups excluding carboxylic acids is 3. The van der Waals surface area contributed by atoms with E-state index in [0.717, 1.165) is 0 Å². The summed E-state index contributed by atoms with van der Waals surface area (Å²) < 4.78 is 20.6. The minimum absolute atomic E-state index is 0.147. The fourth-order valence-corrected chi connectivity index (χ4v) is 2.86. The smallest absolute Gasteiger partial charge is 0.350 e. The zero-order valence-electron chi connectivity index (χ0n) is 16.2. The van der Waals surface area contributed by atoms with E-state index in [0.29, 0.717) is 28.4 Å². The summed E-state index contributed by atoms with van der Waals surface area (Å²) in [5.41, 5.74) is 1.14. The molecule has 4 rings (SSSR count). The first kappa shape index (κ1) is 19.3. The van der Waals surface area contributed by atoms with Crippen molar-refractivity contribution in [2.24, 2.45) is 0 Å². The number of nitrogens with one attached hydrogen (secondary N) is 2. The third-order valence-corrected chi connectivity index (χ3v) is 4.26. The van der Waals surface area contributed by atoms with E-state index < -0.39 is 17.7 Å². The van der Waals surface area contributed by atoms with Crippen LogP contribution in [0, 0.1) is 0 Å². The van der Waals surface area contributed by atoms with Crippen LogP contribution in [0.5, 0.6) is 11.5 Å². The molecule has 1 saturated heterocycles. The van der Waals surface area contributed by atoms with Gasteiger partial charge in [-0.2, -0.15) is 0 Å². The number of ether oxygens (including phenoxy) is 4. The lowest BCUT2D eigenvalue weighted by molar-refractivity contribution is -0.222. The van der Waals surface area contributed by atoms with Crippen LogP contribution in [0.25, 0.3) is 0 Å². The van der Waals surface area contributed by atoms with Crippen molar-refractivity contribution < 1.29 is 33.3 Å². The molecule has 0 saturated carbocycles. The molecule has 0 unspecified atom stereocenters. The zero-order chi connectivity index (χ0) is 21.3. The third-order valence-electron chi connectivity index (χ3n) is 4.26. The zero-order valence-corrected chi connectivity index (χ0v) is 16.2. The molecule has 0 bridgehead atoms. The van der Waals surface area contributed by atoms with Crippen molar-refractivity contribution in [2.75, 3.05) is 17.4 Å². The maximum Gasteiger partial charge on any atom is 0.350 e. The molecule has 154 valence electrons. The third kappa shape index (κ3) is 4.04. The van der Waals surface area contributed by atoms with E-state index in [1.807, 2.05) is 0 Å². The molecule has 0 atom stereocenters. The molecular formula is C21H18N2O7. The SMILES string of the molecule is CC1(C)OC(=O)C(=CNc2cccc(C(=O)Nc3ccc4c(c3)OCO4)c2)C(=O)O1. The van der Waals surface area contributed by atoms with Gasteiger partial charge in [0.05, 0.1) is 0 Å². The molecule has 0 aliphatic carbocycles. The van der Waals surface area contributed by atoms with Gasteiger partial charge in [0.2, 0.25) is 6.79 Å². The van der Waals surface area contributed by atoms with Crippen molar-refractivity contribution in [1.29, 1.82) is 0 Å². The standard InChI is InChI=1S/C21H18N2O7/c1-21(2)29-19(25)15(20(26)30-21)10-22-13-5-3-4-12(8-13)18(24)23-14-6-7-16-17(9-14)28-11-27-16/h3-10,22H,11H2,1-2H3,(H,23,24). The number of hydrogen-bond acceptors (Lipinski definition) is 8. The Kier molecular flexibility index (Phi) is 4.78. The van der Waals surface area contributed by atoms with Crippen LogP contribution in [0.2, 0.25) is 0 Å². The first-order chi connectivity index (χ1) is 14.3. The number of cyclic esters (lactones) is 2. The molecule has 0 radical (unpaired) electrons. The predicted molar refractivity (Wildman–Crippen MR) is 105 cm³/mol. The van der Waals surface area contributed by atoms with Crippen molar-refractivity contribution in [1.82, 2.24) is 0 Å². The Labute approximate surface area is 171 Å². The number of rotatable bonds is 4. The summed E-state index contributed by atoms with van der Waals surface area (Å²) in [4.78, 5) is 36.5. The molecule has 2 aliphatic rings. The Hall–Kier alpha value is -4.01. The summed E-state index contributed by atoms with van der Waals surface area (Å²) in [7, 11) is 0. The number of benzene rings is 2. The maximum absolute atomic E-state index is 12.6. The predicted octanol–water partition coefficient (Wildman–Crippen LogP) is 2.80. The van der Waals surface area contributed by atoms with Crippen LogP contribution in [0.1, 0.15) is 24.2 Å². The van der Waals surface area contributed by atoms with Crippen molar-refractivity contribution >= 4 is 29.2 Å². The Balaban J connectivity index is 1.45. The van der Waals surface area contributed by atoms with Gasteiger partial charge >= 0.3 is 11.9 Å². The fraction of sp³-hybridized carbons (Fsp3) is 0.190. The molecule has 2 aromatic carbocycles. The van der Waals surface area contributed by atoms with Crippen LogP contribution in [0.15, 0.2) is 54.2 Å². The van der Waals surface area contributed by atoms with Gasteiger partial charge in [-0.1, -0.05) is 6.07 Å². The van der Waals surface area contributed by atoms with E-state index in [1.165, 1.54) is 20.0 Å². The quantitative estimate of drug-likeness (QED) is 0.450. The Morgan fingerprint density at radius 1 is 0.967 bits per heavy atom. The van der Waals surface area contributed by atoms with Crippen LogP contribution in [-0.2, 0) is 19.1 Å². The van der Waals surface area contributed by atoms with E-state index in [2.05, 4.69) is 10.6 Å². The molecule has 1 fully saturated rings. The van der Waals surface area contributed by atoms with E-state index in [-0.39, 0.29) is 18.3 Å². The number of hydrogen-bond donors (Lipinski definition) is 2. The normalized spacial score (nSPS) is 16.4. The lowest BCUT2D eigenvalue weighted by atomic mass is 10.1. The van der Waals surface area contributed by atoms with E-state index in [9.17, 15) is 14.4 Å². The lowest BCUT2D eigenvalue weighted by Crippen LogP contribution is -2.42. The molecule has 1 amide bonds. The van der Waals surface area contributed by atoms with E-state index in [1.54, 1.807) is 42.5 Å². The summed E-state index contributed by atoms with van der Waals surface area (Å²) in [5, 5.41) is 5.59. The first-order valence-corrected chi connectivity index (χ1v) is 9.05. The molecule has 0 spiro atoms. The number of anilines is 2. The largest absolute Gasteiger partial charge is 0.454 e. The van der Waals surface area contributed by atoms with Crippen LogP contribution in [0.4, 0.5) is 11.4 Å². The van der Waals surface area contributed by atoms with Crippen LogP contribution in [0.3, 0.4) is 0 Å². The number of esters is 2. The van der Waals surface area contributed by atoms with Gasteiger partial charge < -0.3 is 29.6 Å². The highest BCUT2D eigenvalue weighted by molar-refractivity contribution is 6.15. The van der Waals surface area contributed by atoms with Crippen LogP contribution < -0.4 is 20.1 Å². The lowest BCUT2D eigenvalue weighted by Gasteiger charge is -2.29. The van der Waals surface area contributed by atoms with Crippen LogP contribution in [-0.4, -0.2) is 30.4 Å². The monoisotopic (exact) mass is 410 g/mol. The molecule has 9 nitrogen and oxygen atoms in total. The highest BCUT2D eigenvalue weighted by atomic mass is 16.7. The summed E-state index contributed by atoms with van der Waals surface area (Å²) in [5.74, 6) is -2.05. The number of fused-ring (bicyclic) bond motifs is 1.